The van der Waals surface area contributed by atoms with Crippen LogP contribution in [0.5, 0.6) is 0 Å². The molecule has 4 aromatic rings. The van der Waals surface area contributed by atoms with E-state index in [1.54, 1.807) is 24.3 Å². The van der Waals surface area contributed by atoms with Crippen molar-refractivity contribution in [3.8, 4) is 12.1 Å². The van der Waals surface area contributed by atoms with E-state index in [4.69, 9.17) is 10.5 Å². The molecule has 7 nitrogen and oxygen atoms in total. The van der Waals surface area contributed by atoms with Crippen LogP contribution in [0.3, 0.4) is 0 Å². The lowest BCUT2D eigenvalue weighted by atomic mass is 10.2. The first-order valence-electron chi connectivity index (χ1n) is 6.15. The van der Waals surface area contributed by atoms with Crippen LogP contribution >= 0.6 is 11.3 Å². The Bertz CT molecular complexity index is 1220. The lowest BCUT2D eigenvalue weighted by Crippen LogP contribution is -2.14. The number of hydrogen-bond donors (Lipinski definition) is 0. The minimum Gasteiger partial charge on any atom is -0.268 e. The summed E-state index contributed by atoms with van der Waals surface area (Å²) in [6.45, 7) is 0. The smallest absolute Gasteiger partial charge is 0.268 e. The number of para-hydroxylation sites is 1. The highest BCUT2D eigenvalue weighted by Gasteiger charge is 2.16. The van der Waals surface area contributed by atoms with Gasteiger partial charge in [0.15, 0.2) is 21.9 Å². The van der Waals surface area contributed by atoms with Crippen molar-refractivity contribution in [2.24, 2.45) is 0 Å². The third-order valence-corrected chi connectivity index (χ3v) is 4.13. The van der Waals surface area contributed by atoms with Crippen LogP contribution in [0.1, 0.15) is 11.4 Å². The van der Waals surface area contributed by atoms with Crippen LogP contribution in [0.25, 0.3) is 26.3 Å². The van der Waals surface area contributed by atoms with E-state index in [1.807, 2.05) is 12.1 Å². The molecular weight excluding hydrogens is 300 g/mol. The fourth-order valence-electron chi connectivity index (χ4n) is 2.24. The van der Waals surface area contributed by atoms with Gasteiger partial charge < -0.3 is 0 Å². The quantitative estimate of drug-likeness (QED) is 0.488. The van der Waals surface area contributed by atoms with Gasteiger partial charge in [0.1, 0.15) is 12.1 Å². The topological polar surface area (TPSA) is 108 Å². The number of fused-ring (bicyclic) bond motifs is 4. The second kappa shape index (κ2) is 4.32. The van der Waals surface area contributed by atoms with Gasteiger partial charge >= 0.3 is 0 Å². The molecule has 1 aromatic carbocycles. The number of nitriles is 2. The van der Waals surface area contributed by atoms with E-state index in [9.17, 15) is 4.79 Å². The van der Waals surface area contributed by atoms with Gasteiger partial charge in [0.25, 0.3) is 5.56 Å². The van der Waals surface area contributed by atoms with Crippen LogP contribution in [0.4, 0.5) is 0 Å². The van der Waals surface area contributed by atoms with Crippen molar-refractivity contribution >= 4 is 37.7 Å². The monoisotopic (exact) mass is 304 g/mol. The van der Waals surface area contributed by atoms with Crippen molar-refractivity contribution in [1.82, 2.24) is 19.4 Å². The molecule has 0 saturated heterocycles. The van der Waals surface area contributed by atoms with Gasteiger partial charge in [-0.15, -0.1) is 0 Å². The van der Waals surface area contributed by atoms with Gasteiger partial charge in [-0.1, -0.05) is 23.5 Å². The van der Waals surface area contributed by atoms with Crippen LogP contribution in [0, 0.1) is 22.7 Å². The Labute approximate surface area is 126 Å². The predicted molar refractivity (Wildman–Crippen MR) is 79.4 cm³/mol. The first-order valence-corrected chi connectivity index (χ1v) is 6.97. The maximum absolute atomic E-state index is 12.6. The third kappa shape index (κ3) is 1.53. The van der Waals surface area contributed by atoms with Crippen molar-refractivity contribution in [2.75, 3.05) is 0 Å². The maximum Gasteiger partial charge on any atom is 0.268 e. The largest absolute Gasteiger partial charge is 0.268 e. The van der Waals surface area contributed by atoms with Crippen LogP contribution in [-0.2, 0) is 0 Å². The number of nitrogens with zero attached hydrogens (tertiary/aromatic N) is 6. The Morgan fingerprint density at radius 3 is 2.55 bits per heavy atom. The summed E-state index contributed by atoms with van der Waals surface area (Å²) >= 11 is 1.16. The minimum absolute atomic E-state index is 0.0563. The highest BCUT2D eigenvalue weighted by atomic mass is 32.1. The summed E-state index contributed by atoms with van der Waals surface area (Å²) in [5.74, 6) is 0. The molecule has 102 valence electrons. The molecule has 4 rings (SSSR count). The van der Waals surface area contributed by atoms with Crippen LogP contribution in [-0.4, -0.2) is 19.4 Å². The van der Waals surface area contributed by atoms with E-state index >= 15 is 0 Å². The average Bonchev–Trinajstić information content (AvgIpc) is 2.90. The molecule has 0 spiro atoms. The summed E-state index contributed by atoms with van der Waals surface area (Å²) in [6.07, 6.45) is 0. The molecule has 0 saturated carbocycles. The Kier molecular flexibility index (Phi) is 2.43. The zero-order valence-corrected chi connectivity index (χ0v) is 11.6. The van der Waals surface area contributed by atoms with Crippen molar-refractivity contribution in [2.45, 2.75) is 0 Å². The molecule has 0 N–H and O–H groups in total. The summed E-state index contributed by atoms with van der Waals surface area (Å²) in [5.41, 5.74) is 0.405. The summed E-state index contributed by atoms with van der Waals surface area (Å²) in [6, 6.07) is 10.7. The highest BCUT2D eigenvalue weighted by molar-refractivity contribution is 7.23. The number of benzene rings is 1. The van der Waals surface area contributed by atoms with Crippen molar-refractivity contribution in [1.29, 1.82) is 10.5 Å². The SMILES string of the molecule is N#Cc1nc2sc3nc4ccccc4c(=O)n3c2nc1C#N. The standard InChI is InChI=1S/C14H4N6OS/c15-5-9-10(6-16)18-12-11(17-9)20-13(21)7-3-1-2-4-8(7)19-14(20)22-12/h1-4H. The Hall–Kier alpha value is -3.36. The zero-order chi connectivity index (χ0) is 15.3. The molecule has 0 amide bonds. The molecule has 0 aliphatic heterocycles. The van der Waals surface area contributed by atoms with Gasteiger partial charge in [0.2, 0.25) is 4.96 Å². The summed E-state index contributed by atoms with van der Waals surface area (Å²) < 4.78 is 1.33. The Morgan fingerprint density at radius 1 is 1.05 bits per heavy atom. The van der Waals surface area contributed by atoms with Gasteiger partial charge in [0, 0.05) is 0 Å². The fraction of sp³-hybridized carbons (Fsp3) is 0. The van der Waals surface area contributed by atoms with Crippen molar-refractivity contribution < 1.29 is 0 Å². The van der Waals surface area contributed by atoms with E-state index in [0.717, 1.165) is 11.3 Å². The lowest BCUT2D eigenvalue weighted by Gasteiger charge is -1.98. The van der Waals surface area contributed by atoms with Crippen molar-refractivity contribution in [3.05, 3.63) is 46.0 Å². The normalized spacial score (nSPS) is 10.8. The molecule has 0 aliphatic carbocycles. The van der Waals surface area contributed by atoms with Crippen LogP contribution in [0.15, 0.2) is 29.1 Å². The number of rotatable bonds is 0. The molecule has 0 bridgehead atoms. The number of aromatic nitrogens is 4. The average molecular weight is 304 g/mol. The predicted octanol–water partition coefficient (Wildman–Crippen LogP) is 1.60. The highest BCUT2D eigenvalue weighted by Crippen LogP contribution is 2.23. The molecule has 3 heterocycles. The van der Waals surface area contributed by atoms with Gasteiger partial charge in [-0.25, -0.2) is 19.4 Å². The molecule has 0 aliphatic rings. The zero-order valence-electron chi connectivity index (χ0n) is 10.8. The molecule has 0 radical (unpaired) electrons. The maximum atomic E-state index is 12.6. The molecule has 8 heteroatoms. The summed E-state index contributed by atoms with van der Waals surface area (Å²) in [7, 11) is 0. The van der Waals surface area contributed by atoms with E-state index in [-0.39, 0.29) is 22.6 Å². The first-order chi connectivity index (χ1) is 10.7. The first kappa shape index (κ1) is 12.4. The molecule has 0 fully saturated rings. The van der Waals surface area contributed by atoms with Crippen LogP contribution < -0.4 is 5.56 Å². The van der Waals surface area contributed by atoms with Crippen molar-refractivity contribution in [3.63, 3.8) is 0 Å². The van der Waals surface area contributed by atoms with E-state index in [0.29, 0.717) is 20.7 Å². The van der Waals surface area contributed by atoms with Gasteiger partial charge in [-0.2, -0.15) is 10.5 Å². The molecule has 0 unspecified atom stereocenters. The van der Waals surface area contributed by atoms with E-state index < -0.39 is 0 Å². The summed E-state index contributed by atoms with van der Waals surface area (Å²) in [5, 5.41) is 18.5. The molecule has 0 atom stereocenters. The van der Waals surface area contributed by atoms with Gasteiger partial charge in [-0.3, -0.25) is 4.79 Å². The van der Waals surface area contributed by atoms with Crippen LogP contribution in [0.2, 0.25) is 0 Å². The van der Waals surface area contributed by atoms with Gasteiger partial charge in [-0.05, 0) is 12.1 Å². The second-order valence-electron chi connectivity index (χ2n) is 4.43. The summed E-state index contributed by atoms with van der Waals surface area (Å²) in [4.78, 5) is 26.1. The lowest BCUT2D eigenvalue weighted by molar-refractivity contribution is 1.09. The Balaban J connectivity index is 2.29. The number of hydrogen-bond acceptors (Lipinski definition) is 7. The second-order valence-corrected chi connectivity index (χ2v) is 5.38. The molecule has 22 heavy (non-hydrogen) atoms. The third-order valence-electron chi connectivity index (χ3n) is 3.20. The Morgan fingerprint density at radius 2 is 1.77 bits per heavy atom. The minimum atomic E-state index is -0.269. The molecular formula is C14H4N6OS. The molecule has 3 aromatic heterocycles. The fourth-order valence-corrected chi connectivity index (χ4v) is 3.18. The van der Waals surface area contributed by atoms with E-state index in [1.165, 1.54) is 4.40 Å². The van der Waals surface area contributed by atoms with Gasteiger partial charge in [0.05, 0.1) is 10.9 Å². The number of thiazole rings is 1. The van der Waals surface area contributed by atoms with E-state index in [2.05, 4.69) is 15.0 Å².